The van der Waals surface area contributed by atoms with Crippen LogP contribution in [0.15, 0.2) is 65.4 Å². The van der Waals surface area contributed by atoms with Gasteiger partial charge < -0.3 is 30.4 Å². The van der Waals surface area contributed by atoms with Gasteiger partial charge in [-0.25, -0.2) is 9.97 Å². The maximum Gasteiger partial charge on any atom is 0.306 e. The zero-order valence-electron chi connectivity index (χ0n) is 30.2. The Morgan fingerprint density at radius 3 is 2.46 bits per heavy atom. The molecule has 11 nitrogen and oxygen atoms in total. The third-order valence-electron chi connectivity index (χ3n) is 8.70. The number of carboxylic acid groups (broad SMARTS) is 1. The molecule has 2 amide bonds. The van der Waals surface area contributed by atoms with Crippen LogP contribution in [0, 0.1) is 18.8 Å². The Kier molecular flexibility index (Phi) is 15.0. The number of aryl methyl sites for hydroxylation is 1. The third kappa shape index (κ3) is 11.5. The first-order valence-corrected chi connectivity index (χ1v) is 18.7. The summed E-state index contributed by atoms with van der Waals surface area (Å²) in [7, 11) is 1.62. The molecule has 0 spiro atoms. The van der Waals surface area contributed by atoms with Crippen molar-refractivity contribution in [3.63, 3.8) is 0 Å². The first-order valence-electron chi connectivity index (χ1n) is 17.4. The molecule has 0 bridgehead atoms. The molecule has 5 rings (SSSR count). The number of hydrogen-bond acceptors (Lipinski definition) is 9. The maximum atomic E-state index is 12.6. The smallest absolute Gasteiger partial charge is 0.306 e. The Bertz CT molecular complexity index is 1790. The van der Waals surface area contributed by atoms with Gasteiger partial charge in [0.05, 0.1) is 23.8 Å². The van der Waals surface area contributed by atoms with Gasteiger partial charge >= 0.3 is 5.97 Å². The number of primary amides is 1. The number of thioether (sulfide) groups is 1. The molecule has 0 saturated heterocycles. The summed E-state index contributed by atoms with van der Waals surface area (Å²) >= 11 is 7.79. The summed E-state index contributed by atoms with van der Waals surface area (Å²) in [5.74, 6) is 2.20. The highest BCUT2D eigenvalue weighted by molar-refractivity contribution is 7.99. The van der Waals surface area contributed by atoms with E-state index in [4.69, 9.17) is 36.7 Å². The molecule has 1 fully saturated rings. The number of aliphatic carboxylic acids is 1. The van der Waals surface area contributed by atoms with E-state index in [0.717, 1.165) is 59.0 Å². The number of ether oxygens (including phenoxy) is 3. The van der Waals surface area contributed by atoms with E-state index < -0.39 is 12.1 Å². The molecule has 1 unspecified atom stereocenters. The lowest BCUT2D eigenvalue weighted by molar-refractivity contribution is -0.143. The molecule has 278 valence electrons. The summed E-state index contributed by atoms with van der Waals surface area (Å²) in [6.07, 6.45) is 8.07. The molecule has 2 heterocycles. The minimum Gasteiger partial charge on any atom is -0.497 e. The van der Waals surface area contributed by atoms with E-state index in [0.29, 0.717) is 47.7 Å². The van der Waals surface area contributed by atoms with Gasteiger partial charge in [-0.3, -0.25) is 14.4 Å². The number of aromatic nitrogens is 2. The van der Waals surface area contributed by atoms with Crippen molar-refractivity contribution in [3.05, 3.63) is 76.7 Å². The number of nitrogens with two attached hydrogens (primary N) is 1. The predicted molar refractivity (Wildman–Crippen MR) is 204 cm³/mol. The Hall–Kier alpha value is -4.55. The van der Waals surface area contributed by atoms with Gasteiger partial charge in [-0.15, -0.1) is 0 Å². The summed E-state index contributed by atoms with van der Waals surface area (Å²) in [6, 6.07) is 12.9. The topological polar surface area (TPSA) is 163 Å². The molecule has 13 heteroatoms. The van der Waals surface area contributed by atoms with Crippen LogP contribution in [-0.4, -0.2) is 58.4 Å². The largest absolute Gasteiger partial charge is 0.497 e. The lowest BCUT2D eigenvalue weighted by atomic mass is 9.82. The van der Waals surface area contributed by atoms with Crippen molar-refractivity contribution in [2.75, 3.05) is 19.4 Å². The van der Waals surface area contributed by atoms with Crippen LogP contribution in [0.5, 0.6) is 17.2 Å². The van der Waals surface area contributed by atoms with E-state index >= 15 is 0 Å². The standard InChI is InChI=1S/C25H32ClNO5.C14H15N3O2S/c1-4-6-18-11-19(5-2)32-22-13-23(21(26)12-20(18)22)31-15(3)24(28)27-14-16-7-9-17(10-8-16)25(29)30;1-9-7-13(20-8-12(15)18)17-14(16-9)10-3-5-11(19-2)6-4-10/h5,11-13,15-17H,4,6-10,14H2,1-3H3,(H,27,28)(H,29,30);3-7H,8H2,1-2H3,(H2,15,18)/b19-5-;. The summed E-state index contributed by atoms with van der Waals surface area (Å²) in [4.78, 5) is 43.3. The number of benzene rings is 2. The van der Waals surface area contributed by atoms with Gasteiger partial charge in [-0.1, -0.05) is 36.7 Å². The van der Waals surface area contributed by atoms with Crippen LogP contribution in [-0.2, 0) is 14.4 Å². The van der Waals surface area contributed by atoms with Crippen LogP contribution >= 0.6 is 23.4 Å². The van der Waals surface area contributed by atoms with E-state index in [1.807, 2.05) is 62.4 Å². The normalized spacial score (nSPS) is 17.7. The van der Waals surface area contributed by atoms with Crippen LogP contribution in [0.2, 0.25) is 5.02 Å². The van der Waals surface area contributed by atoms with Crippen molar-refractivity contribution >= 4 is 46.7 Å². The van der Waals surface area contributed by atoms with E-state index in [-0.39, 0.29) is 23.5 Å². The van der Waals surface area contributed by atoms with Gasteiger partial charge in [-0.05, 0) is 113 Å². The summed E-state index contributed by atoms with van der Waals surface area (Å²) in [5, 5.41) is 13.2. The molecule has 1 aromatic heterocycles. The molecule has 2 aromatic carbocycles. The van der Waals surface area contributed by atoms with Crippen LogP contribution in [0.1, 0.15) is 70.6 Å². The fourth-order valence-electron chi connectivity index (χ4n) is 5.86. The highest BCUT2D eigenvalue weighted by atomic mass is 35.5. The zero-order chi connectivity index (χ0) is 37.8. The Morgan fingerprint density at radius 1 is 1.13 bits per heavy atom. The second-order valence-corrected chi connectivity index (χ2v) is 14.1. The number of carbonyl (C=O) groups is 3. The SMILES string of the molecule is C/C=C1/C=C(CCC)c2cc(Cl)c(OC(C)C(=O)NCC3CCC(C(=O)O)CC3)cc2O1.COc1ccc(-c2nc(C)cc(SCC(N)=O)n2)cc1. The van der Waals surface area contributed by atoms with Crippen molar-refractivity contribution < 1.29 is 33.7 Å². The fraction of sp³-hybridized carbons (Fsp3) is 0.410. The Balaban J connectivity index is 0.000000259. The molecule has 1 atom stereocenters. The molecule has 1 aliphatic heterocycles. The molecular formula is C39H47ClN4O7S. The van der Waals surface area contributed by atoms with Crippen LogP contribution in [0.25, 0.3) is 17.0 Å². The minimum atomic E-state index is -0.726. The van der Waals surface area contributed by atoms with Gasteiger partial charge in [0.15, 0.2) is 11.9 Å². The molecule has 1 saturated carbocycles. The average Bonchev–Trinajstić information content (AvgIpc) is 3.13. The molecule has 1 aliphatic carbocycles. The van der Waals surface area contributed by atoms with Crippen molar-refractivity contribution in [1.29, 1.82) is 0 Å². The summed E-state index contributed by atoms with van der Waals surface area (Å²) in [5.41, 5.74) is 9.00. The predicted octanol–water partition coefficient (Wildman–Crippen LogP) is 7.63. The summed E-state index contributed by atoms with van der Waals surface area (Å²) in [6.45, 7) is 8.16. The lowest BCUT2D eigenvalue weighted by Gasteiger charge is -2.27. The Labute approximate surface area is 314 Å². The Morgan fingerprint density at radius 2 is 1.85 bits per heavy atom. The van der Waals surface area contributed by atoms with Crippen molar-refractivity contribution in [2.24, 2.45) is 17.6 Å². The van der Waals surface area contributed by atoms with Gasteiger partial charge in [0, 0.05) is 29.4 Å². The van der Waals surface area contributed by atoms with Gasteiger partial charge in [0.25, 0.3) is 5.91 Å². The number of amides is 2. The number of carboxylic acids is 1. The van der Waals surface area contributed by atoms with Crippen molar-refractivity contribution in [2.45, 2.75) is 77.3 Å². The van der Waals surface area contributed by atoms with Gasteiger partial charge in [0.2, 0.25) is 5.91 Å². The molecule has 4 N–H and O–H groups in total. The number of carbonyl (C=O) groups excluding carboxylic acids is 2. The van der Waals surface area contributed by atoms with Crippen LogP contribution in [0.4, 0.5) is 0 Å². The van der Waals surface area contributed by atoms with Gasteiger partial charge in [0.1, 0.15) is 28.0 Å². The van der Waals surface area contributed by atoms with Crippen molar-refractivity contribution in [1.82, 2.24) is 15.3 Å². The van der Waals surface area contributed by atoms with E-state index in [1.54, 1.807) is 20.1 Å². The number of rotatable bonds is 13. The van der Waals surface area contributed by atoms with Gasteiger partial charge in [-0.2, -0.15) is 0 Å². The number of nitrogens with one attached hydrogen (secondary N) is 1. The van der Waals surface area contributed by atoms with E-state index in [2.05, 4.69) is 22.2 Å². The van der Waals surface area contributed by atoms with E-state index in [9.17, 15) is 14.4 Å². The number of methoxy groups -OCH3 is 1. The first kappa shape index (κ1) is 40.2. The highest BCUT2D eigenvalue weighted by Crippen LogP contribution is 2.42. The highest BCUT2D eigenvalue weighted by Gasteiger charge is 2.27. The van der Waals surface area contributed by atoms with E-state index in [1.165, 1.54) is 17.3 Å². The first-order chi connectivity index (χ1) is 24.9. The van der Waals surface area contributed by atoms with Crippen LogP contribution in [0.3, 0.4) is 0 Å². The quantitative estimate of drug-likeness (QED) is 0.117. The average molecular weight is 751 g/mol. The molecule has 52 heavy (non-hydrogen) atoms. The second-order valence-electron chi connectivity index (χ2n) is 12.7. The maximum absolute atomic E-state index is 12.6. The number of fused-ring (bicyclic) bond motifs is 1. The van der Waals surface area contributed by atoms with Crippen molar-refractivity contribution in [3.8, 4) is 28.6 Å². The third-order valence-corrected chi connectivity index (χ3v) is 9.93. The number of halogens is 1. The number of allylic oxidation sites excluding steroid dienone is 3. The lowest BCUT2D eigenvalue weighted by Crippen LogP contribution is -2.39. The monoisotopic (exact) mass is 750 g/mol. The molecular weight excluding hydrogens is 704 g/mol. The number of hydrogen-bond donors (Lipinski definition) is 3. The summed E-state index contributed by atoms with van der Waals surface area (Å²) < 4.78 is 17.0. The second kappa shape index (κ2) is 19.3. The van der Waals surface area contributed by atoms with Crippen LogP contribution < -0.4 is 25.3 Å². The fourth-order valence-corrected chi connectivity index (χ4v) is 6.76. The minimum absolute atomic E-state index is 0.207. The molecule has 0 radical (unpaired) electrons. The molecule has 2 aliphatic rings. The molecule has 3 aromatic rings. The number of nitrogens with zero attached hydrogens (tertiary/aromatic N) is 2. The zero-order valence-corrected chi connectivity index (χ0v) is 31.8.